The fourth-order valence-electron chi connectivity index (χ4n) is 6.92. The zero-order valence-electron chi connectivity index (χ0n) is 36.1. The molecule has 64 heavy (non-hydrogen) atoms. The van der Waals surface area contributed by atoms with Crippen molar-refractivity contribution in [2.45, 2.75) is 76.6 Å². The number of nitrogens with two attached hydrogens (primary N) is 1. The normalized spacial score (nSPS) is 13.1. The van der Waals surface area contributed by atoms with Crippen LogP contribution in [0.15, 0.2) is 72.8 Å². The highest BCUT2D eigenvalue weighted by Gasteiger charge is 2.32. The van der Waals surface area contributed by atoms with Gasteiger partial charge in [0.05, 0.1) is 33.0 Å². The van der Waals surface area contributed by atoms with Crippen LogP contribution in [0.5, 0.6) is 0 Å². The van der Waals surface area contributed by atoms with Gasteiger partial charge in [0.2, 0.25) is 23.6 Å². The van der Waals surface area contributed by atoms with Gasteiger partial charge in [-0.05, 0) is 65.1 Å². The number of fused-ring (bicyclic) bond motifs is 3. The van der Waals surface area contributed by atoms with Crippen LogP contribution in [0, 0.1) is 5.92 Å². The molecule has 4 rings (SSSR count). The minimum absolute atomic E-state index is 0.0402. The molecule has 0 fully saturated rings. The van der Waals surface area contributed by atoms with Crippen LogP contribution in [0.4, 0.5) is 15.3 Å². The number of hydrogen-bond acceptors (Lipinski definition) is 11. The van der Waals surface area contributed by atoms with E-state index < -0.39 is 72.2 Å². The number of aliphatic hydroxyl groups excluding tert-OH is 1. The molecule has 0 aliphatic heterocycles. The lowest BCUT2D eigenvalue weighted by Gasteiger charge is -2.27. The number of primary amides is 1. The van der Waals surface area contributed by atoms with E-state index in [0.29, 0.717) is 11.3 Å². The quantitative estimate of drug-likeness (QED) is 0.0500. The minimum Gasteiger partial charge on any atom is -0.481 e. The Bertz CT molecular complexity index is 2000. The van der Waals surface area contributed by atoms with Gasteiger partial charge in [-0.3, -0.25) is 24.0 Å². The number of anilines is 1. The van der Waals surface area contributed by atoms with Gasteiger partial charge in [-0.25, -0.2) is 9.59 Å². The summed E-state index contributed by atoms with van der Waals surface area (Å²) in [5.74, 6) is -4.47. The third-order valence-corrected chi connectivity index (χ3v) is 10.3. The summed E-state index contributed by atoms with van der Waals surface area (Å²) >= 11 is 0. The minimum atomic E-state index is -1.31. The summed E-state index contributed by atoms with van der Waals surface area (Å²) in [7, 11) is 0. The standard InChI is InChI=1S/C45H59N7O12/c1-28(2)40(43(59)51-36(12-7-20-47-44(46)60)41(57)49-30-15-13-29(26-53)14-16-30)52-42(58)37(17-18-39(55)56)50-38(54)19-22-62-24-25-63-23-21-48-45(61)64-27-35-33-10-5-3-8-31(33)32-9-4-6-11-34(32)35/h3-6,8-11,13-16,28,35-37,40,53H,7,12,17-27H2,1-2H3,(H,48,61)(H,49,57)(H,50,54)(H,51,59)(H,52,58)(H,55,56)(H3,46,47,60)/t36-,37+,40-/m0/s1. The van der Waals surface area contributed by atoms with Crippen molar-refractivity contribution in [2.24, 2.45) is 11.7 Å². The number of urea groups is 1. The summed E-state index contributed by atoms with van der Waals surface area (Å²) < 4.78 is 16.5. The van der Waals surface area contributed by atoms with Gasteiger partial charge in [0.15, 0.2) is 0 Å². The van der Waals surface area contributed by atoms with Crippen LogP contribution in [0.2, 0.25) is 0 Å². The molecule has 346 valence electrons. The number of rotatable bonds is 27. The van der Waals surface area contributed by atoms with E-state index in [-0.39, 0.29) is 84.3 Å². The van der Waals surface area contributed by atoms with Gasteiger partial charge in [-0.15, -0.1) is 0 Å². The fourth-order valence-corrected chi connectivity index (χ4v) is 6.92. The van der Waals surface area contributed by atoms with Gasteiger partial charge in [0.25, 0.3) is 0 Å². The van der Waals surface area contributed by atoms with Crippen molar-refractivity contribution in [1.29, 1.82) is 0 Å². The molecule has 0 bridgehead atoms. The van der Waals surface area contributed by atoms with E-state index in [4.69, 9.17) is 19.9 Å². The molecule has 1 aliphatic rings. The predicted molar refractivity (Wildman–Crippen MR) is 235 cm³/mol. The Kier molecular flexibility index (Phi) is 20.5. The Morgan fingerprint density at radius 2 is 1.31 bits per heavy atom. The number of nitrogens with one attached hydrogen (secondary N) is 6. The van der Waals surface area contributed by atoms with E-state index >= 15 is 0 Å². The van der Waals surface area contributed by atoms with Crippen LogP contribution in [0.1, 0.15) is 68.6 Å². The number of aliphatic hydroxyl groups is 1. The van der Waals surface area contributed by atoms with Crippen LogP contribution < -0.4 is 37.6 Å². The number of ether oxygens (including phenoxy) is 3. The van der Waals surface area contributed by atoms with E-state index in [9.17, 15) is 43.8 Å². The molecule has 3 aromatic carbocycles. The number of hydrogen-bond donors (Lipinski definition) is 9. The first-order chi connectivity index (χ1) is 30.8. The van der Waals surface area contributed by atoms with Gasteiger partial charge in [-0.1, -0.05) is 74.5 Å². The summed E-state index contributed by atoms with van der Waals surface area (Å²) in [6.07, 6.45) is -1.12. The second-order valence-electron chi connectivity index (χ2n) is 15.3. The number of carboxylic acids is 1. The molecule has 0 aromatic heterocycles. The van der Waals surface area contributed by atoms with E-state index in [1.807, 2.05) is 36.4 Å². The number of alkyl carbamates (subject to hydrolysis) is 1. The van der Waals surface area contributed by atoms with Crippen molar-refractivity contribution in [3.05, 3.63) is 89.5 Å². The van der Waals surface area contributed by atoms with Crippen LogP contribution in [-0.4, -0.2) is 116 Å². The maximum Gasteiger partial charge on any atom is 0.407 e. The van der Waals surface area contributed by atoms with Gasteiger partial charge in [0, 0.05) is 37.5 Å². The predicted octanol–water partition coefficient (Wildman–Crippen LogP) is 2.50. The Morgan fingerprint density at radius 1 is 0.688 bits per heavy atom. The molecule has 0 saturated heterocycles. The van der Waals surface area contributed by atoms with Crippen molar-refractivity contribution in [1.82, 2.24) is 26.6 Å². The average molecular weight is 890 g/mol. The Morgan fingerprint density at radius 3 is 1.92 bits per heavy atom. The van der Waals surface area contributed by atoms with Crippen LogP contribution in [0.25, 0.3) is 11.1 Å². The zero-order chi connectivity index (χ0) is 46.4. The fraction of sp³-hybridized carbons (Fsp3) is 0.444. The molecular formula is C45H59N7O12. The first kappa shape index (κ1) is 50.1. The SMILES string of the molecule is CC(C)[C@H](NC(=O)[C@@H](CCC(=O)O)NC(=O)CCOCCOCCNC(=O)OCC1c2ccccc2-c2ccccc21)C(=O)N[C@@H](CCCNC(N)=O)C(=O)Nc1ccc(CO)cc1. The number of carbonyl (C=O) groups is 7. The monoisotopic (exact) mass is 889 g/mol. The number of carboxylic acid groups (broad SMARTS) is 1. The van der Waals surface area contributed by atoms with Gasteiger partial charge in [0.1, 0.15) is 24.7 Å². The lowest BCUT2D eigenvalue weighted by Crippen LogP contribution is -2.58. The Labute approximate surface area is 371 Å². The van der Waals surface area contributed by atoms with Crippen molar-refractivity contribution in [3.8, 4) is 11.1 Å². The highest BCUT2D eigenvalue weighted by atomic mass is 16.6. The molecule has 0 saturated carbocycles. The summed E-state index contributed by atoms with van der Waals surface area (Å²) in [5, 5.41) is 34.2. The molecule has 3 atom stereocenters. The summed E-state index contributed by atoms with van der Waals surface area (Å²) in [5.41, 5.74) is 10.7. The number of amides is 7. The first-order valence-corrected chi connectivity index (χ1v) is 21.2. The highest BCUT2D eigenvalue weighted by Crippen LogP contribution is 2.44. The van der Waals surface area contributed by atoms with Gasteiger partial charge < -0.3 is 62.1 Å². The maximum absolute atomic E-state index is 13.6. The van der Waals surface area contributed by atoms with Crippen molar-refractivity contribution in [2.75, 3.05) is 51.4 Å². The molecule has 19 heteroatoms. The van der Waals surface area contributed by atoms with Crippen LogP contribution in [0.3, 0.4) is 0 Å². The summed E-state index contributed by atoms with van der Waals surface area (Å²) in [6.45, 7) is 4.09. The van der Waals surface area contributed by atoms with Gasteiger partial charge in [-0.2, -0.15) is 0 Å². The third-order valence-electron chi connectivity index (χ3n) is 10.3. The maximum atomic E-state index is 13.6. The van der Waals surface area contributed by atoms with Crippen LogP contribution >= 0.6 is 0 Å². The second-order valence-corrected chi connectivity index (χ2v) is 15.3. The molecule has 7 amide bonds. The molecule has 0 radical (unpaired) electrons. The Balaban J connectivity index is 1.18. The molecule has 0 heterocycles. The molecule has 1 aliphatic carbocycles. The highest BCUT2D eigenvalue weighted by molar-refractivity contribution is 5.99. The summed E-state index contributed by atoms with van der Waals surface area (Å²) in [4.78, 5) is 88.3. The third kappa shape index (κ3) is 16.3. The number of carbonyl (C=O) groups excluding carboxylic acids is 6. The van der Waals surface area contributed by atoms with Crippen molar-refractivity contribution < 1.29 is 58.0 Å². The molecule has 10 N–H and O–H groups in total. The number of aliphatic carboxylic acids is 1. The molecule has 19 nitrogen and oxygen atoms in total. The first-order valence-electron chi connectivity index (χ1n) is 21.2. The Hall–Kier alpha value is -6.57. The molecule has 3 aromatic rings. The molecular weight excluding hydrogens is 831 g/mol. The number of benzene rings is 3. The average Bonchev–Trinajstić information content (AvgIpc) is 3.59. The smallest absolute Gasteiger partial charge is 0.407 e. The van der Waals surface area contributed by atoms with Crippen LogP contribution in [-0.2, 0) is 44.8 Å². The van der Waals surface area contributed by atoms with E-state index in [2.05, 4.69) is 44.0 Å². The molecule has 0 spiro atoms. The van der Waals surface area contributed by atoms with Gasteiger partial charge >= 0.3 is 18.1 Å². The molecule has 0 unspecified atom stereocenters. The largest absolute Gasteiger partial charge is 0.481 e. The second kappa shape index (κ2) is 26.1. The van der Waals surface area contributed by atoms with E-state index in [1.54, 1.807) is 38.1 Å². The van der Waals surface area contributed by atoms with Crippen molar-refractivity contribution in [3.63, 3.8) is 0 Å². The van der Waals surface area contributed by atoms with E-state index in [1.165, 1.54) is 0 Å². The zero-order valence-corrected chi connectivity index (χ0v) is 36.1. The topological polar surface area (TPSA) is 286 Å². The lowest BCUT2D eigenvalue weighted by molar-refractivity contribution is -0.138. The van der Waals surface area contributed by atoms with E-state index in [0.717, 1.165) is 22.3 Å². The van der Waals surface area contributed by atoms with Crippen molar-refractivity contribution >= 4 is 47.4 Å². The summed E-state index contributed by atoms with van der Waals surface area (Å²) in [6, 6.07) is 18.1. The lowest BCUT2D eigenvalue weighted by atomic mass is 9.98.